The molecule has 1 amide bonds. The SMILES string of the molecule is CC(=O)c1ccc(NC(=O)[C@H](C)OC(=O)CCCN=C2NS(=O)(=O)c3ccccc32)cc1. The average molecular weight is 458 g/mol. The number of amides is 1. The second-order valence-corrected chi connectivity index (χ2v) is 8.84. The number of amidine groups is 1. The molecule has 1 aliphatic rings. The Hall–Kier alpha value is -3.53. The lowest BCUT2D eigenvalue weighted by molar-refractivity contribution is -0.153. The van der Waals surface area contributed by atoms with Crippen molar-refractivity contribution >= 4 is 39.2 Å². The van der Waals surface area contributed by atoms with Crippen LogP contribution < -0.4 is 10.0 Å². The van der Waals surface area contributed by atoms with E-state index in [1.54, 1.807) is 42.5 Å². The Balaban J connectivity index is 1.45. The molecule has 1 atom stereocenters. The van der Waals surface area contributed by atoms with Gasteiger partial charge < -0.3 is 10.1 Å². The van der Waals surface area contributed by atoms with E-state index in [1.165, 1.54) is 19.9 Å². The molecular formula is C22H23N3O6S. The van der Waals surface area contributed by atoms with Crippen molar-refractivity contribution in [1.82, 2.24) is 4.72 Å². The third-order valence-electron chi connectivity index (χ3n) is 4.71. The molecule has 0 fully saturated rings. The summed E-state index contributed by atoms with van der Waals surface area (Å²) in [5.41, 5.74) is 1.51. The van der Waals surface area contributed by atoms with Crippen molar-refractivity contribution in [2.45, 2.75) is 37.7 Å². The minimum absolute atomic E-state index is 0.0239. The first-order chi connectivity index (χ1) is 15.2. The molecule has 1 aliphatic heterocycles. The molecule has 0 saturated carbocycles. The number of rotatable bonds is 8. The quantitative estimate of drug-likeness (QED) is 0.355. The van der Waals surface area contributed by atoms with Gasteiger partial charge in [-0.15, -0.1) is 0 Å². The predicted octanol–water partition coefficient (Wildman–Crippen LogP) is 2.28. The molecule has 2 N–H and O–H groups in total. The van der Waals surface area contributed by atoms with Gasteiger partial charge in [-0.25, -0.2) is 8.42 Å². The van der Waals surface area contributed by atoms with Gasteiger partial charge in [0.25, 0.3) is 15.9 Å². The Kier molecular flexibility index (Phi) is 7.04. The van der Waals surface area contributed by atoms with Gasteiger partial charge >= 0.3 is 5.97 Å². The molecule has 0 aromatic heterocycles. The van der Waals surface area contributed by atoms with Gasteiger partial charge in [-0.2, -0.15) is 0 Å². The summed E-state index contributed by atoms with van der Waals surface area (Å²) in [6.07, 6.45) is -0.654. The van der Waals surface area contributed by atoms with Crippen LogP contribution in [0.15, 0.2) is 58.4 Å². The third-order valence-corrected chi connectivity index (χ3v) is 6.11. The van der Waals surface area contributed by atoms with Gasteiger partial charge in [0, 0.05) is 29.8 Å². The van der Waals surface area contributed by atoms with Gasteiger partial charge in [0.15, 0.2) is 11.9 Å². The van der Waals surface area contributed by atoms with Gasteiger partial charge in [0.1, 0.15) is 5.84 Å². The van der Waals surface area contributed by atoms with E-state index in [4.69, 9.17) is 4.74 Å². The summed E-state index contributed by atoms with van der Waals surface area (Å²) >= 11 is 0. The van der Waals surface area contributed by atoms with Crippen molar-refractivity contribution in [2.24, 2.45) is 4.99 Å². The summed E-state index contributed by atoms with van der Waals surface area (Å²) in [5, 5.41) is 2.62. The van der Waals surface area contributed by atoms with Crippen molar-refractivity contribution in [3.8, 4) is 0 Å². The van der Waals surface area contributed by atoms with Crippen LogP contribution >= 0.6 is 0 Å². The molecular weight excluding hydrogens is 434 g/mol. The Morgan fingerprint density at radius 2 is 1.78 bits per heavy atom. The predicted molar refractivity (Wildman–Crippen MR) is 118 cm³/mol. The summed E-state index contributed by atoms with van der Waals surface area (Å²) in [6, 6.07) is 12.9. The summed E-state index contributed by atoms with van der Waals surface area (Å²) < 4.78 is 31.6. The van der Waals surface area contributed by atoms with Crippen molar-refractivity contribution in [3.05, 3.63) is 59.7 Å². The molecule has 2 aromatic rings. The topological polar surface area (TPSA) is 131 Å². The van der Waals surface area contributed by atoms with Crippen LogP contribution in [0.1, 0.15) is 42.6 Å². The first-order valence-electron chi connectivity index (χ1n) is 9.95. The number of Topliss-reactive ketones (excluding diaryl/α,β-unsaturated/α-hetero) is 1. The number of carbonyl (C=O) groups is 3. The molecule has 0 spiro atoms. The number of carbonyl (C=O) groups excluding carboxylic acids is 3. The van der Waals surface area contributed by atoms with Crippen LogP contribution in [-0.2, 0) is 24.3 Å². The number of hydrogen-bond acceptors (Lipinski definition) is 7. The van der Waals surface area contributed by atoms with Crippen LogP contribution in [0.4, 0.5) is 5.69 Å². The number of nitrogens with zero attached hydrogens (tertiary/aromatic N) is 1. The fourth-order valence-electron chi connectivity index (χ4n) is 3.01. The molecule has 1 heterocycles. The first-order valence-corrected chi connectivity index (χ1v) is 11.4. The number of ketones is 1. The van der Waals surface area contributed by atoms with E-state index in [0.29, 0.717) is 23.2 Å². The average Bonchev–Trinajstić information content (AvgIpc) is 3.02. The van der Waals surface area contributed by atoms with E-state index >= 15 is 0 Å². The Morgan fingerprint density at radius 3 is 2.47 bits per heavy atom. The molecule has 9 nitrogen and oxygen atoms in total. The minimum atomic E-state index is -3.60. The van der Waals surface area contributed by atoms with Crippen LogP contribution in [0.25, 0.3) is 0 Å². The fraction of sp³-hybridized carbons (Fsp3) is 0.273. The number of fused-ring (bicyclic) bond motifs is 1. The summed E-state index contributed by atoms with van der Waals surface area (Å²) in [7, 11) is -3.60. The number of ether oxygens (including phenoxy) is 1. The van der Waals surface area contributed by atoms with E-state index in [9.17, 15) is 22.8 Å². The largest absolute Gasteiger partial charge is 0.453 e. The fourth-order valence-corrected chi connectivity index (χ4v) is 4.26. The molecule has 32 heavy (non-hydrogen) atoms. The first kappa shape index (κ1) is 23.1. The summed E-state index contributed by atoms with van der Waals surface area (Å²) in [6.45, 7) is 3.12. The number of benzene rings is 2. The highest BCUT2D eigenvalue weighted by Crippen LogP contribution is 2.22. The number of hydrogen-bond donors (Lipinski definition) is 2. The van der Waals surface area contributed by atoms with Crippen LogP contribution in [0.2, 0.25) is 0 Å². The molecule has 0 aliphatic carbocycles. The molecule has 2 aromatic carbocycles. The van der Waals surface area contributed by atoms with Gasteiger partial charge in [0.05, 0.1) is 4.90 Å². The zero-order valence-electron chi connectivity index (χ0n) is 17.6. The lowest BCUT2D eigenvalue weighted by Crippen LogP contribution is -2.30. The summed E-state index contributed by atoms with van der Waals surface area (Å²) in [4.78, 5) is 39.9. The van der Waals surface area contributed by atoms with E-state index in [0.717, 1.165) is 0 Å². The second kappa shape index (κ2) is 9.73. The standard InChI is InChI=1S/C22H23N3O6S/c1-14(26)16-9-11-17(12-10-16)24-22(28)15(2)31-20(27)8-5-13-23-21-18-6-3-4-7-19(18)32(29,30)25-21/h3-4,6-7,9-12,15H,5,8,13H2,1-2H3,(H,23,25)(H,24,28)/t15-/m0/s1. The number of anilines is 1. The van der Waals surface area contributed by atoms with E-state index in [2.05, 4.69) is 15.0 Å². The van der Waals surface area contributed by atoms with Crippen LogP contribution in [0, 0.1) is 0 Å². The molecule has 168 valence electrons. The van der Waals surface area contributed by atoms with Crippen molar-refractivity contribution in [1.29, 1.82) is 0 Å². The molecule has 3 rings (SSSR count). The van der Waals surface area contributed by atoms with E-state index in [-0.39, 0.29) is 29.5 Å². The van der Waals surface area contributed by atoms with Crippen LogP contribution in [0.5, 0.6) is 0 Å². The lowest BCUT2D eigenvalue weighted by atomic mass is 10.1. The molecule has 0 radical (unpaired) electrons. The smallest absolute Gasteiger partial charge is 0.306 e. The Morgan fingerprint density at radius 1 is 1.09 bits per heavy atom. The van der Waals surface area contributed by atoms with Gasteiger partial charge in [0.2, 0.25) is 0 Å². The molecule has 0 saturated heterocycles. The van der Waals surface area contributed by atoms with Crippen molar-refractivity contribution in [3.63, 3.8) is 0 Å². The monoisotopic (exact) mass is 457 g/mol. The van der Waals surface area contributed by atoms with E-state index in [1.807, 2.05) is 0 Å². The highest BCUT2D eigenvalue weighted by atomic mass is 32.2. The Bertz CT molecular complexity index is 1170. The van der Waals surface area contributed by atoms with Crippen LogP contribution in [-0.4, -0.2) is 44.6 Å². The minimum Gasteiger partial charge on any atom is -0.453 e. The summed E-state index contributed by atoms with van der Waals surface area (Å²) in [5.74, 6) is -0.888. The number of nitrogens with one attached hydrogen (secondary N) is 2. The molecule has 10 heteroatoms. The Labute approximate surface area is 185 Å². The highest BCUT2D eigenvalue weighted by Gasteiger charge is 2.29. The van der Waals surface area contributed by atoms with Crippen LogP contribution in [0.3, 0.4) is 0 Å². The van der Waals surface area contributed by atoms with Crippen molar-refractivity contribution in [2.75, 3.05) is 11.9 Å². The maximum Gasteiger partial charge on any atom is 0.306 e. The second-order valence-electron chi connectivity index (χ2n) is 7.19. The van der Waals surface area contributed by atoms with Gasteiger partial charge in [-0.1, -0.05) is 12.1 Å². The lowest BCUT2D eigenvalue weighted by Gasteiger charge is -2.13. The van der Waals surface area contributed by atoms with Gasteiger partial charge in [-0.3, -0.25) is 24.1 Å². The molecule has 0 unspecified atom stereocenters. The maximum atomic E-state index is 12.2. The maximum absolute atomic E-state index is 12.2. The molecule has 0 bridgehead atoms. The number of aliphatic imine (C=N–C) groups is 1. The zero-order chi connectivity index (χ0) is 23.3. The van der Waals surface area contributed by atoms with E-state index < -0.39 is 28.0 Å². The zero-order valence-corrected chi connectivity index (χ0v) is 18.4. The highest BCUT2D eigenvalue weighted by molar-refractivity contribution is 7.90. The number of esters is 1. The number of sulfonamides is 1. The third kappa shape index (κ3) is 5.58. The van der Waals surface area contributed by atoms with Gasteiger partial charge in [-0.05, 0) is 56.7 Å². The normalized spacial score (nSPS) is 16.0. The van der Waals surface area contributed by atoms with Crippen molar-refractivity contribution < 1.29 is 27.5 Å².